The Morgan fingerprint density at radius 1 is 1.23 bits per heavy atom. The van der Waals surface area contributed by atoms with Gasteiger partial charge in [-0.05, 0) is 30.2 Å². The van der Waals surface area contributed by atoms with Crippen molar-refractivity contribution in [2.45, 2.75) is 19.0 Å². The van der Waals surface area contributed by atoms with Crippen molar-refractivity contribution in [3.05, 3.63) is 93.0 Å². The van der Waals surface area contributed by atoms with Gasteiger partial charge in [-0.25, -0.2) is 4.98 Å². The summed E-state index contributed by atoms with van der Waals surface area (Å²) in [6.07, 6.45) is 5.54. The number of ether oxygens (including phenoxy) is 1. The van der Waals surface area contributed by atoms with E-state index in [4.69, 9.17) is 16.3 Å². The van der Waals surface area contributed by atoms with Gasteiger partial charge in [0, 0.05) is 43.2 Å². The summed E-state index contributed by atoms with van der Waals surface area (Å²) in [6, 6.07) is 9.12. The molecule has 1 amide bonds. The Morgan fingerprint density at radius 3 is 2.69 bits per heavy atom. The van der Waals surface area contributed by atoms with E-state index in [9.17, 15) is 24.8 Å². The smallest absolute Gasteiger partial charge is 0.295 e. The molecule has 10 nitrogen and oxygen atoms in total. The number of benzene rings is 2. The highest BCUT2D eigenvalue weighted by Crippen LogP contribution is 2.41. The number of nitro benzene ring substituents is 1. The minimum absolute atomic E-state index is 0.167. The first-order chi connectivity index (χ1) is 16.8. The lowest BCUT2D eigenvalue weighted by atomic mass is 9.95. The maximum Gasteiger partial charge on any atom is 0.295 e. The molecular weight excluding hydrogens is 476 g/mol. The molecule has 0 spiro atoms. The van der Waals surface area contributed by atoms with Crippen LogP contribution >= 0.6 is 11.6 Å². The van der Waals surface area contributed by atoms with E-state index in [1.807, 2.05) is 4.57 Å². The van der Waals surface area contributed by atoms with Crippen LogP contribution in [0.15, 0.2) is 66.8 Å². The quantitative estimate of drug-likeness (QED) is 0.164. The number of hydrogen-bond acceptors (Lipinski definition) is 7. The van der Waals surface area contributed by atoms with Crippen LogP contribution in [0.5, 0.6) is 5.75 Å². The highest BCUT2D eigenvalue weighted by atomic mass is 35.5. The van der Waals surface area contributed by atoms with Crippen molar-refractivity contribution in [3.63, 3.8) is 0 Å². The number of aromatic nitrogens is 2. The van der Waals surface area contributed by atoms with E-state index in [1.165, 1.54) is 48.4 Å². The van der Waals surface area contributed by atoms with Crippen LogP contribution in [0, 0.1) is 10.1 Å². The summed E-state index contributed by atoms with van der Waals surface area (Å²) in [4.78, 5) is 42.3. The number of rotatable bonds is 8. The van der Waals surface area contributed by atoms with Gasteiger partial charge in [-0.1, -0.05) is 23.7 Å². The topological polar surface area (TPSA) is 128 Å². The summed E-state index contributed by atoms with van der Waals surface area (Å²) in [5.74, 6) is -1.73. The van der Waals surface area contributed by atoms with E-state index in [1.54, 1.807) is 24.8 Å². The number of Topliss-reactive ketones (excluding diaryl/α,β-unsaturated/α-hetero) is 1. The van der Waals surface area contributed by atoms with Gasteiger partial charge < -0.3 is 19.3 Å². The molecule has 0 aliphatic carbocycles. The average molecular weight is 497 g/mol. The number of carbonyl (C=O) groups is 2. The maximum atomic E-state index is 13.1. The summed E-state index contributed by atoms with van der Waals surface area (Å²) >= 11 is 6.20. The number of non-ortho nitro benzene ring substituents is 1. The third kappa shape index (κ3) is 4.73. The molecule has 2 heterocycles. The van der Waals surface area contributed by atoms with Crippen LogP contribution in [0.2, 0.25) is 5.02 Å². The van der Waals surface area contributed by atoms with E-state index >= 15 is 0 Å². The zero-order valence-corrected chi connectivity index (χ0v) is 19.4. The Kier molecular flexibility index (Phi) is 6.83. The Labute approximate surface area is 205 Å². The normalized spacial score (nSPS) is 17.1. The molecule has 0 saturated carbocycles. The molecule has 35 heavy (non-hydrogen) atoms. The first-order valence-corrected chi connectivity index (χ1v) is 11.0. The number of methoxy groups -OCH3 is 1. The summed E-state index contributed by atoms with van der Waals surface area (Å²) < 4.78 is 6.96. The second-order valence-corrected chi connectivity index (χ2v) is 8.26. The summed E-state index contributed by atoms with van der Waals surface area (Å²) in [6.45, 7) is 0.717. The number of imidazole rings is 1. The van der Waals surface area contributed by atoms with Crippen LogP contribution < -0.4 is 4.74 Å². The third-order valence-electron chi connectivity index (χ3n) is 5.74. The van der Waals surface area contributed by atoms with Gasteiger partial charge in [-0.2, -0.15) is 0 Å². The second-order valence-electron chi connectivity index (χ2n) is 7.85. The van der Waals surface area contributed by atoms with Gasteiger partial charge >= 0.3 is 0 Å². The van der Waals surface area contributed by atoms with Crippen LogP contribution in [-0.4, -0.2) is 49.8 Å². The van der Waals surface area contributed by atoms with E-state index in [2.05, 4.69) is 4.98 Å². The Hall–Kier alpha value is -4.18. The Morgan fingerprint density at radius 2 is 2.03 bits per heavy atom. The van der Waals surface area contributed by atoms with Crippen LogP contribution in [0.3, 0.4) is 0 Å². The van der Waals surface area contributed by atoms with Crippen molar-refractivity contribution < 1.29 is 24.4 Å². The van der Waals surface area contributed by atoms with E-state index in [0.29, 0.717) is 24.3 Å². The molecule has 4 rings (SSSR count). The molecule has 1 aliphatic heterocycles. The number of amides is 1. The Bertz CT molecular complexity index is 1320. The van der Waals surface area contributed by atoms with Crippen LogP contribution in [-0.2, 0) is 16.1 Å². The van der Waals surface area contributed by atoms with Crippen molar-refractivity contribution >= 4 is 34.7 Å². The zero-order chi connectivity index (χ0) is 25.1. The standard InChI is InChI=1S/C24H21ClN4O6/c1-35-19-7-6-16(13-18(19)25)22(30)20-21(15-4-2-5-17(12-15)29(33)34)28(24(32)23(20)31)10-3-9-27-11-8-26-14-27/h2,4-8,11-14,21,30H,3,9-10H2,1H3/t21-/m1/s1. The number of likely N-dealkylation sites (tertiary alicyclic amines) is 1. The summed E-state index contributed by atoms with van der Waals surface area (Å²) in [5, 5.41) is 22.7. The first kappa shape index (κ1) is 24.0. The molecule has 11 heteroatoms. The van der Waals surface area contributed by atoms with Crippen LogP contribution in [0.1, 0.15) is 23.6 Å². The number of nitrogens with zero attached hydrogens (tertiary/aromatic N) is 4. The van der Waals surface area contributed by atoms with Gasteiger partial charge in [0.2, 0.25) is 0 Å². The minimum Gasteiger partial charge on any atom is -0.507 e. The average Bonchev–Trinajstić information content (AvgIpc) is 3.46. The highest BCUT2D eigenvalue weighted by Gasteiger charge is 2.46. The molecule has 1 atom stereocenters. The number of nitro groups is 1. The van der Waals surface area contributed by atoms with E-state index in [0.717, 1.165) is 0 Å². The predicted octanol–water partition coefficient (Wildman–Crippen LogP) is 3.97. The number of hydrogen-bond donors (Lipinski definition) is 1. The number of ketones is 1. The number of aliphatic hydroxyl groups is 1. The molecule has 0 radical (unpaired) electrons. The molecule has 1 aliphatic rings. The number of aliphatic hydroxyl groups excluding tert-OH is 1. The van der Waals surface area contributed by atoms with Gasteiger partial charge in [0.25, 0.3) is 17.4 Å². The van der Waals surface area contributed by atoms with E-state index < -0.39 is 28.4 Å². The molecule has 1 fully saturated rings. The maximum absolute atomic E-state index is 13.1. The molecule has 2 aromatic carbocycles. The second kappa shape index (κ2) is 9.98. The fourth-order valence-electron chi connectivity index (χ4n) is 4.08. The van der Waals surface area contributed by atoms with Crippen LogP contribution in [0.25, 0.3) is 5.76 Å². The monoisotopic (exact) mass is 496 g/mol. The fraction of sp³-hybridized carbons (Fsp3) is 0.208. The lowest BCUT2D eigenvalue weighted by Gasteiger charge is -2.25. The zero-order valence-electron chi connectivity index (χ0n) is 18.6. The molecule has 1 saturated heterocycles. The molecule has 0 bridgehead atoms. The fourth-order valence-corrected chi connectivity index (χ4v) is 4.34. The Balaban J connectivity index is 1.78. The SMILES string of the molecule is COc1ccc(C(O)=C2C(=O)C(=O)N(CCCn3ccnc3)[C@@H]2c2cccc([N+](=O)[O-])c2)cc1Cl. The van der Waals surface area contributed by atoms with Crippen molar-refractivity contribution in [3.8, 4) is 5.75 Å². The van der Waals surface area contributed by atoms with Gasteiger partial charge in [0.15, 0.2) is 0 Å². The van der Waals surface area contributed by atoms with Crippen molar-refractivity contribution in [1.29, 1.82) is 0 Å². The molecular formula is C24H21ClN4O6. The van der Waals surface area contributed by atoms with Gasteiger partial charge in [-0.15, -0.1) is 0 Å². The van der Waals surface area contributed by atoms with Crippen molar-refractivity contribution in [2.75, 3.05) is 13.7 Å². The number of carbonyl (C=O) groups excluding carboxylic acids is 2. The largest absolute Gasteiger partial charge is 0.507 e. The molecule has 1 N–H and O–H groups in total. The minimum atomic E-state index is -1.02. The van der Waals surface area contributed by atoms with Gasteiger partial charge in [0.1, 0.15) is 11.5 Å². The van der Waals surface area contributed by atoms with E-state index in [-0.39, 0.29) is 28.4 Å². The first-order valence-electron chi connectivity index (χ1n) is 10.6. The summed E-state index contributed by atoms with van der Waals surface area (Å²) in [5.41, 5.74) is 0.184. The van der Waals surface area contributed by atoms with Gasteiger partial charge in [0.05, 0.1) is 35.0 Å². The number of halogens is 1. The van der Waals surface area contributed by atoms with Gasteiger partial charge in [-0.3, -0.25) is 19.7 Å². The molecule has 1 aromatic heterocycles. The lowest BCUT2D eigenvalue weighted by Crippen LogP contribution is -2.31. The van der Waals surface area contributed by atoms with Crippen molar-refractivity contribution in [2.24, 2.45) is 0 Å². The molecule has 3 aromatic rings. The van der Waals surface area contributed by atoms with Crippen molar-refractivity contribution in [1.82, 2.24) is 14.5 Å². The molecule has 0 unspecified atom stereocenters. The third-order valence-corrected chi connectivity index (χ3v) is 6.03. The highest BCUT2D eigenvalue weighted by molar-refractivity contribution is 6.46. The van der Waals surface area contributed by atoms with Crippen LogP contribution in [0.4, 0.5) is 5.69 Å². The number of aryl methyl sites for hydroxylation is 1. The predicted molar refractivity (Wildman–Crippen MR) is 127 cm³/mol. The molecule has 180 valence electrons. The lowest BCUT2D eigenvalue weighted by molar-refractivity contribution is -0.384. The summed E-state index contributed by atoms with van der Waals surface area (Å²) in [7, 11) is 1.44.